The molecular weight excluding hydrogens is 326 g/mol. The summed E-state index contributed by atoms with van der Waals surface area (Å²) < 4.78 is 11.4. The van der Waals surface area contributed by atoms with E-state index in [4.69, 9.17) is 9.47 Å². The van der Waals surface area contributed by atoms with E-state index in [0.29, 0.717) is 6.42 Å². The SMILES string of the molecule is COc1ccccc1CCCC(=O)OC1(c2ccccc2)CCNCC1. The number of aryl methyl sites for hydroxylation is 1. The minimum Gasteiger partial charge on any atom is -0.496 e. The van der Waals surface area contributed by atoms with Crippen LogP contribution in [-0.2, 0) is 21.6 Å². The second kappa shape index (κ2) is 8.86. The fourth-order valence-corrected chi connectivity index (χ4v) is 3.62. The van der Waals surface area contributed by atoms with E-state index in [2.05, 4.69) is 17.4 Å². The molecule has 26 heavy (non-hydrogen) atoms. The van der Waals surface area contributed by atoms with Crippen molar-refractivity contribution in [3.05, 3.63) is 65.7 Å². The van der Waals surface area contributed by atoms with Crippen LogP contribution < -0.4 is 10.1 Å². The number of hydrogen-bond acceptors (Lipinski definition) is 4. The van der Waals surface area contributed by atoms with Crippen LogP contribution >= 0.6 is 0 Å². The monoisotopic (exact) mass is 353 g/mol. The van der Waals surface area contributed by atoms with Crippen LogP contribution in [0.2, 0.25) is 0 Å². The van der Waals surface area contributed by atoms with E-state index in [1.165, 1.54) is 0 Å². The summed E-state index contributed by atoms with van der Waals surface area (Å²) in [5.74, 6) is 0.755. The van der Waals surface area contributed by atoms with Crippen molar-refractivity contribution in [2.45, 2.75) is 37.7 Å². The predicted octanol–water partition coefficient (Wildman–Crippen LogP) is 3.84. The van der Waals surface area contributed by atoms with Gasteiger partial charge in [0.25, 0.3) is 0 Å². The average molecular weight is 353 g/mol. The summed E-state index contributed by atoms with van der Waals surface area (Å²) in [6.07, 6.45) is 3.60. The molecule has 0 aliphatic carbocycles. The zero-order valence-electron chi connectivity index (χ0n) is 15.4. The molecule has 138 valence electrons. The number of rotatable bonds is 7. The van der Waals surface area contributed by atoms with Crippen molar-refractivity contribution in [2.75, 3.05) is 20.2 Å². The molecule has 3 rings (SSSR count). The molecule has 1 saturated heterocycles. The number of nitrogens with one attached hydrogen (secondary N) is 1. The van der Waals surface area contributed by atoms with Crippen LogP contribution in [0.5, 0.6) is 5.75 Å². The van der Waals surface area contributed by atoms with E-state index in [-0.39, 0.29) is 5.97 Å². The third-order valence-corrected chi connectivity index (χ3v) is 5.04. The van der Waals surface area contributed by atoms with Gasteiger partial charge < -0.3 is 14.8 Å². The van der Waals surface area contributed by atoms with Gasteiger partial charge in [-0.3, -0.25) is 4.79 Å². The topological polar surface area (TPSA) is 47.6 Å². The standard InChI is InChI=1S/C22H27NO3/c1-25-20-12-6-5-8-18(20)9-7-13-21(24)26-22(14-16-23-17-15-22)19-10-3-2-4-11-19/h2-6,8,10-12,23H,7,9,13-17H2,1H3. The van der Waals surface area contributed by atoms with Gasteiger partial charge in [-0.2, -0.15) is 0 Å². The highest BCUT2D eigenvalue weighted by atomic mass is 16.6. The largest absolute Gasteiger partial charge is 0.496 e. The molecule has 0 atom stereocenters. The molecule has 4 heteroatoms. The molecule has 0 radical (unpaired) electrons. The Morgan fingerprint density at radius 2 is 1.73 bits per heavy atom. The molecule has 0 bridgehead atoms. The van der Waals surface area contributed by atoms with E-state index in [1.54, 1.807) is 7.11 Å². The summed E-state index contributed by atoms with van der Waals surface area (Å²) in [6.45, 7) is 1.73. The van der Waals surface area contributed by atoms with Gasteiger partial charge in [0.1, 0.15) is 11.4 Å². The van der Waals surface area contributed by atoms with Crippen molar-refractivity contribution in [2.24, 2.45) is 0 Å². The first-order valence-electron chi connectivity index (χ1n) is 9.33. The van der Waals surface area contributed by atoms with Crippen molar-refractivity contribution in [1.82, 2.24) is 5.32 Å². The third kappa shape index (κ3) is 4.44. The van der Waals surface area contributed by atoms with Gasteiger partial charge in [-0.05, 0) is 43.1 Å². The van der Waals surface area contributed by atoms with Crippen LogP contribution in [0.4, 0.5) is 0 Å². The first-order valence-corrected chi connectivity index (χ1v) is 9.33. The average Bonchev–Trinajstić information content (AvgIpc) is 2.70. The smallest absolute Gasteiger partial charge is 0.306 e. The normalized spacial score (nSPS) is 16.0. The highest BCUT2D eigenvalue weighted by Gasteiger charge is 2.37. The number of carbonyl (C=O) groups is 1. The van der Waals surface area contributed by atoms with Crippen LogP contribution in [0.3, 0.4) is 0 Å². The molecule has 0 saturated carbocycles. The molecule has 0 unspecified atom stereocenters. The number of methoxy groups -OCH3 is 1. The maximum atomic E-state index is 12.6. The molecule has 1 aliphatic rings. The van der Waals surface area contributed by atoms with Gasteiger partial charge in [0, 0.05) is 19.3 Å². The van der Waals surface area contributed by atoms with Crippen LogP contribution in [-0.4, -0.2) is 26.2 Å². The molecule has 2 aromatic rings. The van der Waals surface area contributed by atoms with Crippen molar-refractivity contribution < 1.29 is 14.3 Å². The summed E-state index contributed by atoms with van der Waals surface area (Å²) in [6, 6.07) is 18.1. The van der Waals surface area contributed by atoms with E-state index in [9.17, 15) is 4.79 Å². The van der Waals surface area contributed by atoms with E-state index in [1.807, 2.05) is 42.5 Å². The third-order valence-electron chi connectivity index (χ3n) is 5.04. The fourth-order valence-electron chi connectivity index (χ4n) is 3.62. The van der Waals surface area contributed by atoms with E-state index < -0.39 is 5.60 Å². The molecule has 1 N–H and O–H groups in total. The fraction of sp³-hybridized carbons (Fsp3) is 0.409. The number of esters is 1. The number of hydrogen-bond donors (Lipinski definition) is 1. The molecular formula is C22H27NO3. The summed E-state index contributed by atoms with van der Waals surface area (Å²) in [5, 5.41) is 3.35. The molecule has 1 fully saturated rings. The van der Waals surface area contributed by atoms with Gasteiger partial charge in [0.2, 0.25) is 0 Å². The van der Waals surface area contributed by atoms with Crippen molar-refractivity contribution in [3.8, 4) is 5.75 Å². The Morgan fingerprint density at radius 1 is 1.04 bits per heavy atom. The van der Waals surface area contributed by atoms with Crippen LogP contribution in [0.1, 0.15) is 36.8 Å². The highest BCUT2D eigenvalue weighted by molar-refractivity contribution is 5.70. The van der Waals surface area contributed by atoms with Crippen molar-refractivity contribution in [3.63, 3.8) is 0 Å². The second-order valence-electron chi connectivity index (χ2n) is 6.75. The lowest BCUT2D eigenvalue weighted by Gasteiger charge is -2.37. The lowest BCUT2D eigenvalue weighted by atomic mass is 9.84. The number of ether oxygens (including phenoxy) is 2. The number of piperidine rings is 1. The maximum absolute atomic E-state index is 12.6. The van der Waals surface area contributed by atoms with Gasteiger partial charge in [0.15, 0.2) is 0 Å². The molecule has 1 heterocycles. The number of para-hydroxylation sites is 1. The lowest BCUT2D eigenvalue weighted by molar-refractivity contribution is -0.164. The van der Waals surface area contributed by atoms with Gasteiger partial charge >= 0.3 is 5.97 Å². The highest BCUT2D eigenvalue weighted by Crippen LogP contribution is 2.35. The quantitative estimate of drug-likeness (QED) is 0.768. The zero-order valence-corrected chi connectivity index (χ0v) is 15.4. The maximum Gasteiger partial charge on any atom is 0.306 e. The van der Waals surface area contributed by atoms with Crippen molar-refractivity contribution >= 4 is 5.97 Å². The minimum atomic E-state index is -0.492. The summed E-state index contributed by atoms with van der Waals surface area (Å²) >= 11 is 0. The van der Waals surface area contributed by atoms with Gasteiger partial charge in [-0.1, -0.05) is 48.5 Å². The molecule has 0 spiro atoms. The van der Waals surface area contributed by atoms with Gasteiger partial charge in [-0.15, -0.1) is 0 Å². The van der Waals surface area contributed by atoms with Crippen LogP contribution in [0.15, 0.2) is 54.6 Å². The molecule has 4 nitrogen and oxygen atoms in total. The van der Waals surface area contributed by atoms with Gasteiger partial charge in [0.05, 0.1) is 7.11 Å². The minimum absolute atomic E-state index is 0.120. The Labute approximate surface area is 155 Å². The number of carbonyl (C=O) groups excluding carboxylic acids is 1. The van der Waals surface area contributed by atoms with E-state index in [0.717, 1.165) is 55.6 Å². The molecule has 0 aromatic heterocycles. The Kier molecular flexibility index (Phi) is 6.29. The summed E-state index contributed by atoms with van der Waals surface area (Å²) in [7, 11) is 1.67. The Balaban J connectivity index is 1.60. The Morgan fingerprint density at radius 3 is 2.46 bits per heavy atom. The van der Waals surface area contributed by atoms with Crippen LogP contribution in [0.25, 0.3) is 0 Å². The summed E-state index contributed by atoms with van der Waals surface area (Å²) in [4.78, 5) is 12.6. The summed E-state index contributed by atoms with van der Waals surface area (Å²) in [5.41, 5.74) is 1.73. The Bertz CT molecular complexity index is 708. The first-order chi connectivity index (χ1) is 12.7. The second-order valence-corrected chi connectivity index (χ2v) is 6.75. The van der Waals surface area contributed by atoms with Gasteiger partial charge in [-0.25, -0.2) is 0 Å². The van der Waals surface area contributed by atoms with E-state index >= 15 is 0 Å². The molecule has 2 aromatic carbocycles. The Hall–Kier alpha value is -2.33. The first kappa shape index (κ1) is 18.5. The molecule has 0 amide bonds. The van der Waals surface area contributed by atoms with Crippen LogP contribution in [0, 0.1) is 0 Å². The van der Waals surface area contributed by atoms with Crippen molar-refractivity contribution in [1.29, 1.82) is 0 Å². The number of benzene rings is 2. The predicted molar refractivity (Wildman–Crippen MR) is 102 cm³/mol. The molecule has 1 aliphatic heterocycles. The zero-order chi connectivity index (χ0) is 18.2. The lowest BCUT2D eigenvalue weighted by Crippen LogP contribution is -2.43.